The molecule has 0 fully saturated rings. The van der Waals surface area contributed by atoms with Crippen LogP contribution in [0.4, 0.5) is 0 Å². The van der Waals surface area contributed by atoms with E-state index in [0.29, 0.717) is 4.77 Å². The fourth-order valence-corrected chi connectivity index (χ4v) is 2.95. The Morgan fingerprint density at radius 1 is 1.43 bits per heavy atom. The molecule has 0 aromatic carbocycles. The molecule has 4 heteroatoms. The van der Waals surface area contributed by atoms with Crippen LogP contribution in [-0.4, -0.2) is 9.97 Å². The van der Waals surface area contributed by atoms with E-state index in [0.717, 1.165) is 11.3 Å². The number of hydrogen-bond acceptors (Lipinski definition) is 3. The summed E-state index contributed by atoms with van der Waals surface area (Å²) in [7, 11) is 0. The summed E-state index contributed by atoms with van der Waals surface area (Å²) in [6.45, 7) is 6.41. The topological polar surface area (TPSA) is 28.7 Å². The predicted molar refractivity (Wildman–Crippen MR) is 63.7 cm³/mol. The van der Waals surface area contributed by atoms with E-state index < -0.39 is 0 Å². The first-order chi connectivity index (χ1) is 6.63. The summed E-state index contributed by atoms with van der Waals surface area (Å²) in [6.07, 6.45) is 0.972. The Morgan fingerprint density at radius 3 is 2.79 bits per heavy atom. The van der Waals surface area contributed by atoms with E-state index in [1.165, 1.54) is 21.5 Å². The lowest BCUT2D eigenvalue weighted by molar-refractivity contribution is 1.02. The third-order valence-electron chi connectivity index (χ3n) is 2.48. The number of nitrogens with zero attached hydrogens (tertiary/aromatic N) is 1. The molecule has 0 bridgehead atoms. The monoisotopic (exact) mass is 224 g/mol. The second kappa shape index (κ2) is 3.44. The molecule has 14 heavy (non-hydrogen) atoms. The molecule has 2 aromatic heterocycles. The van der Waals surface area contributed by atoms with Crippen molar-refractivity contribution in [2.24, 2.45) is 0 Å². The van der Waals surface area contributed by atoms with Crippen LogP contribution in [0.1, 0.15) is 23.1 Å². The molecule has 2 rings (SSSR count). The standard InChI is InChI=1S/C10H12N2S2/c1-4-7-8-5(2)6(3)14-9(8)12-10(13)11-7/h4H2,1-3H3,(H,11,12,13). The van der Waals surface area contributed by atoms with Gasteiger partial charge in [-0.25, -0.2) is 4.98 Å². The van der Waals surface area contributed by atoms with Gasteiger partial charge in [0.15, 0.2) is 4.77 Å². The Balaban J connectivity index is 2.96. The molecule has 0 saturated carbocycles. The van der Waals surface area contributed by atoms with Gasteiger partial charge in [0.05, 0.1) is 0 Å². The molecule has 2 aromatic rings. The van der Waals surface area contributed by atoms with E-state index in [4.69, 9.17) is 12.2 Å². The van der Waals surface area contributed by atoms with Gasteiger partial charge in [-0.3, -0.25) is 0 Å². The van der Waals surface area contributed by atoms with Gasteiger partial charge in [-0.2, -0.15) is 0 Å². The van der Waals surface area contributed by atoms with Crippen molar-refractivity contribution in [1.82, 2.24) is 9.97 Å². The van der Waals surface area contributed by atoms with Gasteiger partial charge in [0.25, 0.3) is 0 Å². The Kier molecular flexibility index (Phi) is 2.41. The molecule has 0 amide bonds. The maximum absolute atomic E-state index is 5.09. The average molecular weight is 224 g/mol. The van der Waals surface area contributed by atoms with E-state index in [-0.39, 0.29) is 0 Å². The van der Waals surface area contributed by atoms with Crippen LogP contribution in [0.25, 0.3) is 10.2 Å². The smallest absolute Gasteiger partial charge is 0.198 e. The number of fused-ring (bicyclic) bond motifs is 1. The second-order valence-corrected chi connectivity index (χ2v) is 4.93. The van der Waals surface area contributed by atoms with E-state index in [9.17, 15) is 0 Å². The maximum Gasteiger partial charge on any atom is 0.198 e. The van der Waals surface area contributed by atoms with Gasteiger partial charge in [0, 0.05) is 16.0 Å². The molecular formula is C10H12N2S2. The van der Waals surface area contributed by atoms with Crippen molar-refractivity contribution in [1.29, 1.82) is 0 Å². The molecule has 0 aliphatic rings. The van der Waals surface area contributed by atoms with Gasteiger partial charge in [0.1, 0.15) is 4.83 Å². The minimum atomic E-state index is 0.593. The molecule has 74 valence electrons. The van der Waals surface area contributed by atoms with Gasteiger partial charge >= 0.3 is 0 Å². The summed E-state index contributed by atoms with van der Waals surface area (Å²) in [5.74, 6) is 0. The summed E-state index contributed by atoms with van der Waals surface area (Å²) < 4.78 is 0.593. The zero-order valence-corrected chi connectivity index (χ0v) is 10.1. The van der Waals surface area contributed by atoms with Crippen molar-refractivity contribution in [3.63, 3.8) is 0 Å². The Labute approximate surface area is 92.0 Å². The van der Waals surface area contributed by atoms with Crippen molar-refractivity contribution in [3.05, 3.63) is 20.9 Å². The number of aromatic nitrogens is 2. The van der Waals surface area contributed by atoms with Crippen molar-refractivity contribution in [3.8, 4) is 0 Å². The Bertz CT molecular complexity index is 537. The fraction of sp³-hybridized carbons (Fsp3) is 0.400. The maximum atomic E-state index is 5.09. The highest BCUT2D eigenvalue weighted by Crippen LogP contribution is 2.30. The lowest BCUT2D eigenvalue weighted by atomic mass is 10.1. The lowest BCUT2D eigenvalue weighted by Crippen LogP contribution is -1.91. The number of aryl methyl sites for hydroxylation is 3. The first-order valence-electron chi connectivity index (χ1n) is 4.62. The highest BCUT2D eigenvalue weighted by atomic mass is 32.1. The second-order valence-electron chi connectivity index (χ2n) is 3.34. The number of hydrogen-bond donors (Lipinski definition) is 1. The normalized spacial score (nSPS) is 11.1. The van der Waals surface area contributed by atoms with Crippen molar-refractivity contribution in [2.45, 2.75) is 27.2 Å². The van der Waals surface area contributed by atoms with Gasteiger partial charge in [0.2, 0.25) is 0 Å². The van der Waals surface area contributed by atoms with Gasteiger partial charge in [-0.1, -0.05) is 6.92 Å². The number of H-pyrrole nitrogens is 1. The first kappa shape index (κ1) is 9.80. The minimum absolute atomic E-state index is 0.593. The Hall–Kier alpha value is -0.740. The zero-order chi connectivity index (χ0) is 10.3. The highest BCUT2D eigenvalue weighted by Gasteiger charge is 2.09. The van der Waals surface area contributed by atoms with Crippen LogP contribution in [-0.2, 0) is 6.42 Å². The van der Waals surface area contributed by atoms with Crippen LogP contribution in [0, 0.1) is 18.6 Å². The molecule has 0 spiro atoms. The molecule has 0 unspecified atom stereocenters. The SMILES string of the molecule is CCc1[nH]c(=S)nc2sc(C)c(C)c12. The summed E-state index contributed by atoms with van der Waals surface area (Å²) in [6, 6.07) is 0. The molecule has 0 radical (unpaired) electrons. The van der Waals surface area contributed by atoms with Crippen LogP contribution < -0.4 is 0 Å². The van der Waals surface area contributed by atoms with Crippen LogP contribution >= 0.6 is 23.6 Å². The van der Waals surface area contributed by atoms with E-state index >= 15 is 0 Å². The lowest BCUT2D eigenvalue weighted by Gasteiger charge is -2.00. The molecule has 0 aliphatic heterocycles. The van der Waals surface area contributed by atoms with Crippen molar-refractivity contribution < 1.29 is 0 Å². The quantitative estimate of drug-likeness (QED) is 0.751. The largest absolute Gasteiger partial charge is 0.334 e. The molecular weight excluding hydrogens is 212 g/mol. The van der Waals surface area contributed by atoms with Crippen LogP contribution in [0.5, 0.6) is 0 Å². The van der Waals surface area contributed by atoms with Crippen molar-refractivity contribution in [2.75, 3.05) is 0 Å². The first-order valence-corrected chi connectivity index (χ1v) is 5.84. The number of nitrogens with one attached hydrogen (secondary N) is 1. The van der Waals surface area contributed by atoms with Crippen LogP contribution in [0.15, 0.2) is 0 Å². The molecule has 1 N–H and O–H groups in total. The number of aromatic amines is 1. The van der Waals surface area contributed by atoms with Crippen LogP contribution in [0.2, 0.25) is 0 Å². The predicted octanol–water partition coefficient (Wildman–Crippen LogP) is 3.53. The zero-order valence-electron chi connectivity index (χ0n) is 8.47. The van der Waals surface area contributed by atoms with Gasteiger partial charge in [-0.15, -0.1) is 11.3 Å². The summed E-state index contributed by atoms with van der Waals surface area (Å²) >= 11 is 6.81. The molecule has 0 aliphatic carbocycles. The van der Waals surface area contributed by atoms with E-state index in [2.05, 4.69) is 30.7 Å². The average Bonchev–Trinajstić information content (AvgIpc) is 2.41. The van der Waals surface area contributed by atoms with E-state index in [1.807, 2.05) is 0 Å². The summed E-state index contributed by atoms with van der Waals surface area (Å²) in [4.78, 5) is 9.91. The fourth-order valence-electron chi connectivity index (χ4n) is 1.62. The van der Waals surface area contributed by atoms with Crippen molar-refractivity contribution >= 4 is 33.8 Å². The van der Waals surface area contributed by atoms with Crippen LogP contribution in [0.3, 0.4) is 0 Å². The third kappa shape index (κ3) is 1.38. The van der Waals surface area contributed by atoms with Gasteiger partial charge < -0.3 is 4.98 Å². The molecule has 2 heterocycles. The number of rotatable bonds is 1. The van der Waals surface area contributed by atoms with Gasteiger partial charge in [-0.05, 0) is 38.0 Å². The van der Waals surface area contributed by atoms with E-state index in [1.54, 1.807) is 11.3 Å². The molecule has 0 atom stereocenters. The summed E-state index contributed by atoms with van der Waals surface area (Å²) in [5, 5.41) is 1.27. The third-order valence-corrected chi connectivity index (χ3v) is 3.78. The Morgan fingerprint density at radius 2 is 2.14 bits per heavy atom. The molecule has 0 saturated heterocycles. The molecule has 2 nitrogen and oxygen atoms in total. The highest BCUT2D eigenvalue weighted by molar-refractivity contribution is 7.71. The minimum Gasteiger partial charge on any atom is -0.334 e. The summed E-state index contributed by atoms with van der Waals surface area (Å²) in [5.41, 5.74) is 2.54. The number of thiophene rings is 1.